The van der Waals surface area contributed by atoms with Gasteiger partial charge >= 0.3 is 6.18 Å². The Labute approximate surface area is 80.8 Å². The van der Waals surface area contributed by atoms with Gasteiger partial charge in [0.15, 0.2) is 0 Å². The minimum Gasteiger partial charge on any atom is -0.379 e. The molecular formula is C8H15F3N2O. The third kappa shape index (κ3) is 2.37. The van der Waals surface area contributed by atoms with Crippen LogP contribution in [0.1, 0.15) is 12.8 Å². The van der Waals surface area contributed by atoms with E-state index >= 15 is 0 Å². The van der Waals surface area contributed by atoms with E-state index in [4.69, 9.17) is 10.5 Å². The Bertz CT molecular complexity index is 188. The molecule has 1 aliphatic carbocycles. The van der Waals surface area contributed by atoms with E-state index in [1.165, 1.54) is 7.11 Å². The van der Waals surface area contributed by atoms with Crippen LogP contribution in [-0.4, -0.2) is 38.0 Å². The molecule has 1 aliphatic rings. The van der Waals surface area contributed by atoms with Crippen LogP contribution in [0.25, 0.3) is 0 Å². The number of hydrogen-bond donors (Lipinski definition) is 2. The number of halogens is 3. The quantitative estimate of drug-likeness (QED) is 0.703. The summed E-state index contributed by atoms with van der Waals surface area (Å²) < 4.78 is 42.1. The van der Waals surface area contributed by atoms with Crippen LogP contribution in [0.3, 0.4) is 0 Å². The van der Waals surface area contributed by atoms with Gasteiger partial charge in [0.25, 0.3) is 0 Å². The highest BCUT2D eigenvalue weighted by atomic mass is 19.4. The third-order valence-corrected chi connectivity index (χ3v) is 2.56. The lowest BCUT2D eigenvalue weighted by atomic mass is 10.2. The van der Waals surface area contributed by atoms with Gasteiger partial charge in [-0.25, -0.2) is 0 Å². The van der Waals surface area contributed by atoms with Crippen molar-refractivity contribution in [2.75, 3.05) is 20.2 Å². The van der Waals surface area contributed by atoms with Crippen LogP contribution in [0, 0.1) is 0 Å². The Hall–Kier alpha value is -0.330. The van der Waals surface area contributed by atoms with E-state index in [2.05, 4.69) is 5.32 Å². The number of rotatable bonds is 5. The second-order valence-corrected chi connectivity index (χ2v) is 3.55. The van der Waals surface area contributed by atoms with E-state index in [0.717, 1.165) is 0 Å². The summed E-state index contributed by atoms with van der Waals surface area (Å²) in [7, 11) is 1.44. The summed E-state index contributed by atoms with van der Waals surface area (Å²) in [4.78, 5) is 0. The van der Waals surface area contributed by atoms with Gasteiger partial charge in [-0.05, 0) is 12.8 Å². The Balaban J connectivity index is 2.38. The van der Waals surface area contributed by atoms with Gasteiger partial charge in [0.2, 0.25) is 0 Å². The number of alkyl halides is 3. The van der Waals surface area contributed by atoms with Gasteiger partial charge in [-0.15, -0.1) is 0 Å². The molecule has 3 N–H and O–H groups in total. The SMILES string of the molecule is COC(CN)CNC1(C(F)(F)F)CC1. The van der Waals surface area contributed by atoms with Crippen LogP contribution < -0.4 is 11.1 Å². The average molecular weight is 212 g/mol. The fourth-order valence-electron chi connectivity index (χ4n) is 1.26. The number of hydrogen-bond acceptors (Lipinski definition) is 3. The molecule has 0 spiro atoms. The summed E-state index contributed by atoms with van der Waals surface area (Å²) in [6.45, 7) is 0.365. The minimum atomic E-state index is -4.17. The number of nitrogens with one attached hydrogen (secondary N) is 1. The molecule has 1 rings (SSSR count). The van der Waals surface area contributed by atoms with Gasteiger partial charge in [-0.3, -0.25) is 0 Å². The van der Waals surface area contributed by atoms with E-state index < -0.39 is 11.7 Å². The first kappa shape index (κ1) is 11.7. The standard InChI is InChI=1S/C8H15F3N2O/c1-14-6(4-12)5-13-7(2-3-7)8(9,10)11/h6,13H,2-5,12H2,1H3. The van der Waals surface area contributed by atoms with Gasteiger partial charge in [0.05, 0.1) is 6.10 Å². The smallest absolute Gasteiger partial charge is 0.379 e. The van der Waals surface area contributed by atoms with Crippen molar-refractivity contribution in [1.82, 2.24) is 5.32 Å². The molecule has 1 fully saturated rings. The fourth-order valence-corrected chi connectivity index (χ4v) is 1.26. The topological polar surface area (TPSA) is 47.3 Å². The molecule has 0 aliphatic heterocycles. The van der Waals surface area contributed by atoms with Gasteiger partial charge in [-0.1, -0.05) is 0 Å². The largest absolute Gasteiger partial charge is 0.406 e. The number of methoxy groups -OCH3 is 1. The zero-order valence-electron chi connectivity index (χ0n) is 8.03. The molecule has 1 saturated carbocycles. The van der Waals surface area contributed by atoms with Crippen LogP contribution in [-0.2, 0) is 4.74 Å². The molecule has 0 saturated heterocycles. The van der Waals surface area contributed by atoms with Gasteiger partial charge in [0.1, 0.15) is 5.54 Å². The van der Waals surface area contributed by atoms with Crippen molar-refractivity contribution in [2.24, 2.45) is 5.73 Å². The summed E-state index contributed by atoms with van der Waals surface area (Å²) in [6.07, 6.45) is -4.22. The van der Waals surface area contributed by atoms with Crippen LogP contribution in [0.5, 0.6) is 0 Å². The maximum Gasteiger partial charge on any atom is 0.406 e. The number of nitrogens with two attached hydrogens (primary N) is 1. The van der Waals surface area contributed by atoms with Crippen LogP contribution in [0.2, 0.25) is 0 Å². The molecule has 0 amide bonds. The summed E-state index contributed by atoms with van der Waals surface area (Å²) in [5.74, 6) is 0. The minimum absolute atomic E-state index is 0.145. The third-order valence-electron chi connectivity index (χ3n) is 2.56. The molecule has 0 radical (unpaired) electrons. The molecule has 1 atom stereocenters. The Morgan fingerprint density at radius 1 is 1.50 bits per heavy atom. The van der Waals surface area contributed by atoms with Crippen molar-refractivity contribution in [1.29, 1.82) is 0 Å². The van der Waals surface area contributed by atoms with Gasteiger partial charge < -0.3 is 15.8 Å². The summed E-state index contributed by atoms with van der Waals surface area (Å²) in [5, 5.41) is 2.48. The van der Waals surface area contributed by atoms with Crippen LogP contribution >= 0.6 is 0 Å². The monoisotopic (exact) mass is 212 g/mol. The second kappa shape index (κ2) is 4.04. The molecule has 0 aromatic heterocycles. The lowest BCUT2D eigenvalue weighted by Crippen LogP contribution is -2.49. The highest BCUT2D eigenvalue weighted by Crippen LogP contribution is 2.48. The first-order chi connectivity index (χ1) is 6.45. The maximum atomic E-state index is 12.4. The van der Waals surface area contributed by atoms with Crippen molar-refractivity contribution in [3.05, 3.63) is 0 Å². The molecule has 0 aromatic carbocycles. The van der Waals surface area contributed by atoms with Crippen molar-refractivity contribution in [2.45, 2.75) is 30.7 Å². The highest BCUT2D eigenvalue weighted by molar-refractivity contribution is 5.08. The van der Waals surface area contributed by atoms with Crippen molar-refractivity contribution in [3.8, 4) is 0 Å². The van der Waals surface area contributed by atoms with Gasteiger partial charge in [-0.2, -0.15) is 13.2 Å². The molecular weight excluding hydrogens is 197 g/mol. The van der Waals surface area contributed by atoms with Crippen molar-refractivity contribution in [3.63, 3.8) is 0 Å². The lowest BCUT2D eigenvalue weighted by Gasteiger charge is -2.23. The molecule has 84 valence electrons. The number of ether oxygens (including phenoxy) is 1. The molecule has 6 heteroatoms. The first-order valence-electron chi connectivity index (χ1n) is 4.50. The van der Waals surface area contributed by atoms with E-state index in [1.807, 2.05) is 0 Å². The Morgan fingerprint density at radius 3 is 2.36 bits per heavy atom. The molecule has 0 heterocycles. The predicted molar refractivity (Wildman–Crippen MR) is 45.9 cm³/mol. The molecule has 1 unspecified atom stereocenters. The van der Waals surface area contributed by atoms with Crippen molar-refractivity contribution >= 4 is 0 Å². The van der Waals surface area contributed by atoms with Crippen LogP contribution in [0.4, 0.5) is 13.2 Å². The van der Waals surface area contributed by atoms with E-state index in [9.17, 15) is 13.2 Å². The Morgan fingerprint density at radius 2 is 2.07 bits per heavy atom. The van der Waals surface area contributed by atoms with Gasteiger partial charge in [0, 0.05) is 20.2 Å². The summed E-state index contributed by atoms with van der Waals surface area (Å²) in [5.41, 5.74) is 3.63. The fraction of sp³-hybridized carbons (Fsp3) is 1.00. The normalized spacial score (nSPS) is 22.1. The highest BCUT2D eigenvalue weighted by Gasteiger charge is 2.63. The summed E-state index contributed by atoms with van der Waals surface area (Å²) in [6, 6.07) is 0. The lowest BCUT2D eigenvalue weighted by molar-refractivity contribution is -0.166. The average Bonchev–Trinajstić information content (AvgIpc) is 2.86. The molecule has 0 bridgehead atoms. The van der Waals surface area contributed by atoms with Crippen LogP contribution in [0.15, 0.2) is 0 Å². The van der Waals surface area contributed by atoms with Crippen molar-refractivity contribution < 1.29 is 17.9 Å². The van der Waals surface area contributed by atoms with E-state index in [0.29, 0.717) is 0 Å². The summed E-state index contributed by atoms with van der Waals surface area (Å²) >= 11 is 0. The molecule has 0 aromatic rings. The molecule has 3 nitrogen and oxygen atoms in total. The zero-order valence-corrected chi connectivity index (χ0v) is 8.03. The first-order valence-corrected chi connectivity index (χ1v) is 4.50. The van der Waals surface area contributed by atoms with E-state index in [-0.39, 0.29) is 32.0 Å². The predicted octanol–water partition coefficient (Wildman–Crippen LogP) is 0.645. The maximum absolute atomic E-state index is 12.4. The van der Waals surface area contributed by atoms with E-state index in [1.54, 1.807) is 0 Å². The zero-order chi connectivity index (χ0) is 10.8. The second-order valence-electron chi connectivity index (χ2n) is 3.55. The Kier molecular flexibility index (Phi) is 3.39. The molecule has 14 heavy (non-hydrogen) atoms.